The fraction of sp³-hybridized carbons (Fsp3) is 0.300. The molecular formula is C10H8Cl2N2O4. The summed E-state index contributed by atoms with van der Waals surface area (Å²) in [5.74, 6) is 0.581. The average molecular weight is 291 g/mol. The van der Waals surface area contributed by atoms with E-state index >= 15 is 0 Å². The van der Waals surface area contributed by atoms with Crippen LogP contribution in [-0.4, -0.2) is 28.1 Å². The van der Waals surface area contributed by atoms with Crippen molar-refractivity contribution in [2.45, 2.75) is 13.7 Å². The number of halogens is 2. The summed E-state index contributed by atoms with van der Waals surface area (Å²) in [5, 5.41) is -0.137. The van der Waals surface area contributed by atoms with Crippen molar-refractivity contribution >= 4 is 35.1 Å². The molecule has 0 aromatic carbocycles. The number of carbonyl (C=O) groups excluding carboxylic acids is 2. The summed E-state index contributed by atoms with van der Waals surface area (Å²) in [6.07, 6.45) is 4.95. The first-order valence-corrected chi connectivity index (χ1v) is 5.38. The lowest BCUT2D eigenvalue weighted by Gasteiger charge is -2.07. The lowest BCUT2D eigenvalue weighted by Crippen LogP contribution is -2.16. The van der Waals surface area contributed by atoms with Crippen molar-refractivity contribution in [3.8, 4) is 12.3 Å². The largest absolute Gasteiger partial charge is 0.447 e. The van der Waals surface area contributed by atoms with Gasteiger partial charge in [-0.1, -0.05) is 29.1 Å². The number of ether oxygens (including phenoxy) is 2. The van der Waals surface area contributed by atoms with Crippen LogP contribution in [0.2, 0.25) is 10.3 Å². The van der Waals surface area contributed by atoms with Gasteiger partial charge in [-0.3, -0.25) is 9.36 Å². The predicted octanol–water partition coefficient (Wildman–Crippen LogP) is 1.50. The van der Waals surface area contributed by atoms with Crippen molar-refractivity contribution < 1.29 is 19.1 Å². The molecule has 0 spiro atoms. The SMILES string of the molecule is C#CCOC(=O)c1nc(Cl)c(Cl)n1COC(C)=O. The Morgan fingerprint density at radius 1 is 1.44 bits per heavy atom. The second-order valence-corrected chi connectivity index (χ2v) is 3.71. The predicted molar refractivity (Wildman–Crippen MR) is 63.1 cm³/mol. The molecule has 96 valence electrons. The molecule has 0 saturated carbocycles. The monoisotopic (exact) mass is 290 g/mol. The van der Waals surface area contributed by atoms with E-state index in [-0.39, 0.29) is 29.5 Å². The third-order valence-corrected chi connectivity index (χ3v) is 2.48. The maximum atomic E-state index is 11.6. The Balaban J connectivity index is 2.96. The molecule has 0 amide bonds. The molecule has 0 N–H and O–H groups in total. The molecule has 0 radical (unpaired) electrons. The van der Waals surface area contributed by atoms with E-state index in [4.69, 9.17) is 34.4 Å². The average Bonchev–Trinajstić information content (AvgIpc) is 2.60. The van der Waals surface area contributed by atoms with Crippen LogP contribution in [0.15, 0.2) is 0 Å². The van der Waals surface area contributed by atoms with Gasteiger partial charge in [-0.25, -0.2) is 9.78 Å². The Hall–Kier alpha value is -1.71. The second-order valence-electron chi connectivity index (χ2n) is 2.99. The number of nitrogens with zero attached hydrogens (tertiary/aromatic N) is 2. The van der Waals surface area contributed by atoms with Crippen LogP contribution >= 0.6 is 23.2 Å². The van der Waals surface area contributed by atoms with E-state index in [9.17, 15) is 9.59 Å². The smallest absolute Gasteiger partial charge is 0.375 e. The van der Waals surface area contributed by atoms with Gasteiger partial charge in [-0.15, -0.1) is 6.42 Å². The topological polar surface area (TPSA) is 70.4 Å². The van der Waals surface area contributed by atoms with Crippen molar-refractivity contribution in [2.75, 3.05) is 6.61 Å². The van der Waals surface area contributed by atoms with E-state index in [1.54, 1.807) is 0 Å². The summed E-state index contributed by atoms with van der Waals surface area (Å²) < 4.78 is 10.5. The normalized spacial score (nSPS) is 9.67. The molecule has 0 fully saturated rings. The van der Waals surface area contributed by atoms with E-state index in [2.05, 4.69) is 15.6 Å². The number of hydrogen-bond donors (Lipinski definition) is 0. The lowest BCUT2D eigenvalue weighted by molar-refractivity contribution is -0.144. The van der Waals surface area contributed by atoms with Crippen molar-refractivity contribution in [3.05, 3.63) is 16.1 Å². The van der Waals surface area contributed by atoms with Gasteiger partial charge in [-0.05, 0) is 0 Å². The quantitative estimate of drug-likeness (QED) is 0.621. The van der Waals surface area contributed by atoms with Crippen LogP contribution in [0.3, 0.4) is 0 Å². The van der Waals surface area contributed by atoms with Crippen molar-refractivity contribution in [1.82, 2.24) is 9.55 Å². The molecular weight excluding hydrogens is 283 g/mol. The first-order chi connectivity index (χ1) is 8.47. The molecule has 8 heteroatoms. The Morgan fingerprint density at radius 3 is 2.67 bits per heavy atom. The number of terminal acetylenes is 1. The number of aromatic nitrogens is 2. The number of hydrogen-bond acceptors (Lipinski definition) is 5. The maximum Gasteiger partial charge on any atom is 0.375 e. The summed E-state index contributed by atoms with van der Waals surface area (Å²) in [4.78, 5) is 26.0. The number of carbonyl (C=O) groups is 2. The minimum atomic E-state index is -0.811. The van der Waals surface area contributed by atoms with Gasteiger partial charge in [0.2, 0.25) is 5.82 Å². The van der Waals surface area contributed by atoms with Crippen LogP contribution in [0, 0.1) is 12.3 Å². The van der Waals surface area contributed by atoms with Gasteiger partial charge < -0.3 is 9.47 Å². The van der Waals surface area contributed by atoms with Gasteiger partial charge in [0.05, 0.1) is 0 Å². The minimum absolute atomic E-state index is 0.0365. The Kier molecular flexibility index (Phi) is 5.01. The van der Waals surface area contributed by atoms with Crippen LogP contribution in [0.5, 0.6) is 0 Å². The highest BCUT2D eigenvalue weighted by Gasteiger charge is 2.21. The molecule has 1 aromatic heterocycles. The van der Waals surface area contributed by atoms with Gasteiger partial charge in [0.25, 0.3) is 0 Å². The van der Waals surface area contributed by atoms with E-state index < -0.39 is 11.9 Å². The zero-order chi connectivity index (χ0) is 13.7. The molecule has 0 atom stereocenters. The van der Waals surface area contributed by atoms with Gasteiger partial charge in [0.15, 0.2) is 23.6 Å². The summed E-state index contributed by atoms with van der Waals surface area (Å²) in [6.45, 7) is 0.700. The molecule has 0 unspecified atom stereocenters. The van der Waals surface area contributed by atoms with Gasteiger partial charge >= 0.3 is 11.9 Å². The minimum Gasteiger partial charge on any atom is -0.447 e. The number of rotatable bonds is 4. The van der Waals surface area contributed by atoms with E-state index in [0.717, 1.165) is 4.57 Å². The third kappa shape index (κ3) is 3.39. The Bertz CT molecular complexity index is 519. The molecule has 1 rings (SSSR count). The zero-order valence-electron chi connectivity index (χ0n) is 9.27. The summed E-state index contributed by atoms with van der Waals surface area (Å²) in [7, 11) is 0. The number of esters is 2. The van der Waals surface area contributed by atoms with Crippen LogP contribution in [0.4, 0.5) is 0 Å². The van der Waals surface area contributed by atoms with Gasteiger partial charge in [0.1, 0.15) is 0 Å². The van der Waals surface area contributed by atoms with E-state index in [1.165, 1.54) is 6.92 Å². The molecule has 0 bridgehead atoms. The molecule has 1 heterocycles. The highest BCUT2D eigenvalue weighted by atomic mass is 35.5. The first-order valence-electron chi connectivity index (χ1n) is 4.62. The fourth-order valence-corrected chi connectivity index (χ4v) is 1.36. The molecule has 6 nitrogen and oxygen atoms in total. The first kappa shape index (κ1) is 14.4. The van der Waals surface area contributed by atoms with Gasteiger partial charge in [0, 0.05) is 6.92 Å². The van der Waals surface area contributed by atoms with Crippen molar-refractivity contribution in [2.24, 2.45) is 0 Å². The van der Waals surface area contributed by atoms with Crippen LogP contribution in [-0.2, 0) is 21.0 Å². The molecule has 0 aliphatic carbocycles. The summed E-state index contributed by atoms with van der Waals surface area (Å²) in [6, 6.07) is 0. The second kappa shape index (κ2) is 6.28. The van der Waals surface area contributed by atoms with Gasteiger partial charge in [-0.2, -0.15) is 0 Å². The zero-order valence-corrected chi connectivity index (χ0v) is 10.8. The molecule has 0 aliphatic heterocycles. The lowest BCUT2D eigenvalue weighted by atomic mass is 10.6. The molecule has 0 aliphatic rings. The summed E-state index contributed by atoms with van der Waals surface area (Å²) in [5.41, 5.74) is 0. The highest BCUT2D eigenvalue weighted by molar-refractivity contribution is 6.40. The highest BCUT2D eigenvalue weighted by Crippen LogP contribution is 2.23. The molecule has 18 heavy (non-hydrogen) atoms. The summed E-state index contributed by atoms with van der Waals surface area (Å²) >= 11 is 11.5. The van der Waals surface area contributed by atoms with Crippen LogP contribution < -0.4 is 0 Å². The van der Waals surface area contributed by atoms with Crippen molar-refractivity contribution in [3.63, 3.8) is 0 Å². The molecule has 1 aromatic rings. The Morgan fingerprint density at radius 2 is 2.11 bits per heavy atom. The van der Waals surface area contributed by atoms with Crippen LogP contribution in [0.1, 0.15) is 17.5 Å². The van der Waals surface area contributed by atoms with E-state index in [1.807, 2.05) is 0 Å². The third-order valence-electron chi connectivity index (χ3n) is 1.73. The molecule has 0 saturated heterocycles. The maximum absolute atomic E-state index is 11.6. The fourth-order valence-electron chi connectivity index (χ4n) is 1.00. The number of imidazole rings is 1. The van der Waals surface area contributed by atoms with E-state index in [0.29, 0.717) is 0 Å². The Labute approximate surface area is 113 Å². The standard InChI is InChI=1S/C10H8Cl2N2O4/c1-3-4-17-10(16)9-13-7(11)8(12)14(9)5-18-6(2)15/h1H,4-5H2,2H3. The van der Waals surface area contributed by atoms with Crippen LogP contribution in [0.25, 0.3) is 0 Å². The van der Waals surface area contributed by atoms with Crippen molar-refractivity contribution in [1.29, 1.82) is 0 Å².